The summed E-state index contributed by atoms with van der Waals surface area (Å²) >= 11 is 5.95. The molecule has 0 amide bonds. The maximum absolute atomic E-state index is 12.5. The molecule has 8 heteroatoms. The predicted molar refractivity (Wildman–Crippen MR) is 79.1 cm³/mol. The molecule has 0 radical (unpaired) electrons. The number of fused-ring (bicyclic) bond motifs is 1. The Morgan fingerprint density at radius 3 is 2.76 bits per heavy atom. The second-order valence-corrected chi connectivity index (χ2v) is 6.25. The minimum Gasteiger partial charge on any atom is -0.508 e. The van der Waals surface area contributed by atoms with Gasteiger partial charge in [0, 0.05) is 12.3 Å². The molecule has 0 spiro atoms. The van der Waals surface area contributed by atoms with Gasteiger partial charge >= 0.3 is 0 Å². The molecule has 2 aromatic heterocycles. The molecule has 3 aromatic rings. The van der Waals surface area contributed by atoms with E-state index < -0.39 is 10.0 Å². The van der Waals surface area contributed by atoms with Gasteiger partial charge in [0.1, 0.15) is 11.4 Å². The fraction of sp³-hybridized carbons (Fsp3) is 0. The highest BCUT2D eigenvalue weighted by atomic mass is 35.5. The number of hydrogen-bond acceptors (Lipinski definition) is 4. The summed E-state index contributed by atoms with van der Waals surface area (Å²) in [7, 11) is -3.94. The molecule has 108 valence electrons. The molecule has 2 N–H and O–H groups in total. The second-order valence-electron chi connectivity index (χ2n) is 4.29. The van der Waals surface area contributed by atoms with E-state index in [0.29, 0.717) is 5.65 Å². The van der Waals surface area contributed by atoms with Crippen LogP contribution in [0.5, 0.6) is 5.75 Å². The quantitative estimate of drug-likeness (QED) is 0.775. The first kappa shape index (κ1) is 13.7. The SMILES string of the molecule is O=S(=O)(Nc1cccc(O)c1)c1c(Cl)nc2ccccn12. The highest BCUT2D eigenvalue weighted by Gasteiger charge is 2.24. The van der Waals surface area contributed by atoms with Crippen molar-refractivity contribution in [3.63, 3.8) is 0 Å². The lowest BCUT2D eigenvalue weighted by molar-refractivity contribution is 0.475. The van der Waals surface area contributed by atoms with Gasteiger partial charge < -0.3 is 5.11 Å². The molecule has 0 saturated heterocycles. The topological polar surface area (TPSA) is 83.7 Å². The van der Waals surface area contributed by atoms with E-state index in [-0.39, 0.29) is 21.6 Å². The van der Waals surface area contributed by atoms with Gasteiger partial charge in [-0.05, 0) is 24.3 Å². The number of benzene rings is 1. The molecule has 6 nitrogen and oxygen atoms in total. The molecule has 0 aliphatic rings. The molecule has 1 aromatic carbocycles. The number of pyridine rings is 1. The van der Waals surface area contributed by atoms with Gasteiger partial charge in [-0.1, -0.05) is 23.7 Å². The zero-order valence-corrected chi connectivity index (χ0v) is 12.1. The van der Waals surface area contributed by atoms with E-state index in [2.05, 4.69) is 9.71 Å². The van der Waals surface area contributed by atoms with Gasteiger partial charge in [0.05, 0.1) is 5.69 Å². The summed E-state index contributed by atoms with van der Waals surface area (Å²) in [4.78, 5) is 4.00. The number of sulfonamides is 1. The van der Waals surface area contributed by atoms with Gasteiger partial charge in [-0.25, -0.2) is 4.98 Å². The summed E-state index contributed by atoms with van der Waals surface area (Å²) in [5.74, 6) is -0.0422. The van der Waals surface area contributed by atoms with Crippen LogP contribution in [0.3, 0.4) is 0 Å². The van der Waals surface area contributed by atoms with E-state index in [9.17, 15) is 13.5 Å². The van der Waals surface area contributed by atoms with Crippen molar-refractivity contribution in [2.45, 2.75) is 5.03 Å². The Kier molecular flexibility index (Phi) is 3.23. The molecule has 0 aliphatic carbocycles. The Bertz CT molecular complexity index is 921. The van der Waals surface area contributed by atoms with Crippen molar-refractivity contribution in [2.24, 2.45) is 0 Å². The van der Waals surface area contributed by atoms with Gasteiger partial charge in [0.15, 0.2) is 10.2 Å². The summed E-state index contributed by atoms with van der Waals surface area (Å²) < 4.78 is 28.7. The van der Waals surface area contributed by atoms with Crippen LogP contribution in [0.2, 0.25) is 5.15 Å². The molecule has 0 aliphatic heterocycles. The number of nitrogens with one attached hydrogen (secondary N) is 1. The van der Waals surface area contributed by atoms with Gasteiger partial charge in [-0.15, -0.1) is 0 Å². The number of anilines is 1. The fourth-order valence-electron chi connectivity index (χ4n) is 1.96. The molecule has 0 bridgehead atoms. The van der Waals surface area contributed by atoms with E-state index in [4.69, 9.17) is 11.6 Å². The molecule has 0 atom stereocenters. The standard InChI is InChI=1S/C13H10ClN3O3S/c14-12-13(17-7-2-1-6-11(17)15-12)21(19,20)16-9-4-3-5-10(18)8-9/h1-8,16,18H. The number of nitrogens with zero attached hydrogens (tertiary/aromatic N) is 2. The van der Waals surface area contributed by atoms with Crippen LogP contribution in [0.1, 0.15) is 0 Å². The third-order valence-electron chi connectivity index (χ3n) is 2.80. The van der Waals surface area contributed by atoms with Gasteiger partial charge in [-0.2, -0.15) is 8.42 Å². The van der Waals surface area contributed by atoms with Crippen molar-refractivity contribution in [1.29, 1.82) is 0 Å². The number of aromatic hydroxyl groups is 1. The third kappa shape index (κ3) is 2.53. The summed E-state index contributed by atoms with van der Waals surface area (Å²) in [5, 5.41) is 9.12. The third-order valence-corrected chi connectivity index (χ3v) is 4.58. The number of rotatable bonds is 3. The number of phenolic OH excluding ortho intramolecular Hbond substituents is 1. The van der Waals surface area contributed by atoms with Crippen molar-refractivity contribution < 1.29 is 13.5 Å². The van der Waals surface area contributed by atoms with Crippen LogP contribution in [0.25, 0.3) is 5.65 Å². The maximum Gasteiger partial charge on any atom is 0.281 e. The van der Waals surface area contributed by atoms with Crippen molar-refractivity contribution in [3.8, 4) is 5.75 Å². The Morgan fingerprint density at radius 2 is 2.00 bits per heavy atom. The first-order valence-electron chi connectivity index (χ1n) is 5.92. The number of aromatic nitrogens is 2. The lowest BCUT2D eigenvalue weighted by atomic mass is 10.3. The highest BCUT2D eigenvalue weighted by Crippen LogP contribution is 2.25. The molecular formula is C13H10ClN3O3S. The zero-order chi connectivity index (χ0) is 15.0. The molecule has 3 rings (SSSR count). The van der Waals surface area contributed by atoms with E-state index in [1.165, 1.54) is 28.7 Å². The monoisotopic (exact) mass is 323 g/mol. The van der Waals surface area contributed by atoms with Crippen molar-refractivity contribution in [3.05, 3.63) is 53.8 Å². The normalized spacial score (nSPS) is 11.7. The van der Waals surface area contributed by atoms with E-state index >= 15 is 0 Å². The predicted octanol–water partition coefficient (Wildman–Crippen LogP) is 2.49. The van der Waals surface area contributed by atoms with E-state index in [0.717, 1.165) is 0 Å². The first-order chi connectivity index (χ1) is 9.97. The Hall–Kier alpha value is -2.25. The Balaban J connectivity index is 2.10. The second kappa shape index (κ2) is 4.94. The summed E-state index contributed by atoms with van der Waals surface area (Å²) in [6.07, 6.45) is 1.56. The van der Waals surface area contributed by atoms with Crippen LogP contribution < -0.4 is 4.72 Å². The van der Waals surface area contributed by atoms with E-state index in [1.807, 2.05) is 0 Å². The number of hydrogen-bond donors (Lipinski definition) is 2. The lowest BCUT2D eigenvalue weighted by Gasteiger charge is -2.08. The largest absolute Gasteiger partial charge is 0.508 e. The van der Waals surface area contributed by atoms with Crippen molar-refractivity contribution in [1.82, 2.24) is 9.38 Å². The van der Waals surface area contributed by atoms with E-state index in [1.54, 1.807) is 24.4 Å². The minimum atomic E-state index is -3.94. The molecular weight excluding hydrogens is 314 g/mol. The first-order valence-corrected chi connectivity index (χ1v) is 7.78. The lowest BCUT2D eigenvalue weighted by Crippen LogP contribution is -2.15. The molecule has 0 fully saturated rings. The smallest absolute Gasteiger partial charge is 0.281 e. The average Bonchev–Trinajstić information content (AvgIpc) is 2.74. The fourth-order valence-corrected chi connectivity index (χ4v) is 3.65. The van der Waals surface area contributed by atoms with Crippen LogP contribution >= 0.6 is 11.6 Å². The molecule has 0 unspecified atom stereocenters. The molecule has 0 saturated carbocycles. The summed E-state index contributed by atoms with van der Waals surface area (Å²) in [6.45, 7) is 0. The molecule has 2 heterocycles. The maximum atomic E-state index is 12.5. The van der Waals surface area contributed by atoms with Gasteiger partial charge in [-0.3, -0.25) is 9.12 Å². The Morgan fingerprint density at radius 1 is 1.19 bits per heavy atom. The average molecular weight is 324 g/mol. The van der Waals surface area contributed by atoms with Gasteiger partial charge in [0.2, 0.25) is 0 Å². The minimum absolute atomic E-state index is 0.0422. The summed E-state index contributed by atoms with van der Waals surface area (Å²) in [6, 6.07) is 10.9. The van der Waals surface area contributed by atoms with Crippen LogP contribution in [0.4, 0.5) is 5.69 Å². The van der Waals surface area contributed by atoms with Gasteiger partial charge in [0.25, 0.3) is 10.0 Å². The Labute approximate surface area is 125 Å². The van der Waals surface area contributed by atoms with Crippen LogP contribution in [-0.2, 0) is 10.0 Å². The van der Waals surface area contributed by atoms with Crippen LogP contribution in [-0.4, -0.2) is 22.9 Å². The van der Waals surface area contributed by atoms with Crippen molar-refractivity contribution >= 4 is 33.0 Å². The zero-order valence-electron chi connectivity index (χ0n) is 10.6. The summed E-state index contributed by atoms with van der Waals surface area (Å²) in [5.41, 5.74) is 0.663. The van der Waals surface area contributed by atoms with Crippen LogP contribution in [0, 0.1) is 0 Å². The van der Waals surface area contributed by atoms with Crippen molar-refractivity contribution in [2.75, 3.05) is 4.72 Å². The highest BCUT2D eigenvalue weighted by molar-refractivity contribution is 7.92. The molecule has 21 heavy (non-hydrogen) atoms. The van der Waals surface area contributed by atoms with Crippen LogP contribution in [0.15, 0.2) is 53.7 Å². The number of phenols is 1. The number of imidazole rings is 1. The number of halogens is 1.